The first-order valence-corrected chi connectivity index (χ1v) is 7.50. The fourth-order valence-electron chi connectivity index (χ4n) is 2.07. The van der Waals surface area contributed by atoms with Gasteiger partial charge in [-0.15, -0.1) is 0 Å². The van der Waals surface area contributed by atoms with Crippen LogP contribution in [-0.2, 0) is 6.54 Å². The highest BCUT2D eigenvalue weighted by atomic mass is 16.5. The Balaban J connectivity index is 1.65. The van der Waals surface area contributed by atoms with Gasteiger partial charge in [0.15, 0.2) is 0 Å². The summed E-state index contributed by atoms with van der Waals surface area (Å²) in [5.41, 5.74) is 1.61. The third-order valence-corrected chi connectivity index (χ3v) is 3.32. The van der Waals surface area contributed by atoms with Crippen LogP contribution in [0, 0.1) is 6.92 Å². The molecule has 2 aromatic heterocycles. The summed E-state index contributed by atoms with van der Waals surface area (Å²) < 4.78 is 7.69. The summed E-state index contributed by atoms with van der Waals surface area (Å²) in [6, 6.07) is 7.28. The van der Waals surface area contributed by atoms with Crippen molar-refractivity contribution in [2.45, 2.75) is 13.5 Å². The zero-order valence-electron chi connectivity index (χ0n) is 13.2. The Bertz CT molecular complexity index is 800. The number of para-hydroxylation sites is 2. The van der Waals surface area contributed by atoms with Crippen molar-refractivity contribution < 1.29 is 9.53 Å². The van der Waals surface area contributed by atoms with Crippen molar-refractivity contribution in [1.82, 2.24) is 19.5 Å². The fraction of sp³-hybridized carbons (Fsp3) is 0.176. The van der Waals surface area contributed by atoms with Gasteiger partial charge in [-0.05, 0) is 19.1 Å². The van der Waals surface area contributed by atoms with Crippen molar-refractivity contribution in [3.05, 3.63) is 66.8 Å². The molecule has 0 radical (unpaired) electrons. The van der Waals surface area contributed by atoms with Gasteiger partial charge in [0.25, 0.3) is 5.91 Å². The largest absolute Gasteiger partial charge is 0.490 e. The molecule has 0 aliphatic heterocycles. The molecule has 0 saturated heterocycles. The second-order valence-corrected chi connectivity index (χ2v) is 5.14. The second-order valence-electron chi connectivity index (χ2n) is 5.14. The second kappa shape index (κ2) is 7.36. The van der Waals surface area contributed by atoms with E-state index in [1.54, 1.807) is 24.8 Å². The quantitative estimate of drug-likeness (QED) is 0.753. The van der Waals surface area contributed by atoms with Crippen molar-refractivity contribution in [3.63, 3.8) is 0 Å². The van der Waals surface area contributed by atoms with E-state index in [0.29, 0.717) is 24.6 Å². The molecule has 0 atom stereocenters. The van der Waals surface area contributed by atoms with Gasteiger partial charge in [0.1, 0.15) is 18.1 Å². The van der Waals surface area contributed by atoms with Crippen molar-refractivity contribution in [3.8, 4) is 5.75 Å². The molecular formula is C17H17N5O2. The molecule has 24 heavy (non-hydrogen) atoms. The van der Waals surface area contributed by atoms with Gasteiger partial charge in [0, 0.05) is 18.6 Å². The molecule has 7 heteroatoms. The molecule has 1 amide bonds. The number of hydrogen-bond donors (Lipinski definition) is 1. The van der Waals surface area contributed by atoms with E-state index in [4.69, 9.17) is 4.74 Å². The molecule has 0 saturated carbocycles. The van der Waals surface area contributed by atoms with Gasteiger partial charge in [-0.2, -0.15) is 0 Å². The molecule has 3 aromatic rings. The minimum Gasteiger partial charge on any atom is -0.490 e. The predicted molar refractivity (Wildman–Crippen MR) is 88.9 cm³/mol. The summed E-state index contributed by atoms with van der Waals surface area (Å²) in [4.78, 5) is 24.4. The van der Waals surface area contributed by atoms with Gasteiger partial charge >= 0.3 is 0 Å². The zero-order chi connectivity index (χ0) is 16.8. The third kappa shape index (κ3) is 3.95. The van der Waals surface area contributed by atoms with E-state index < -0.39 is 0 Å². The number of imidazole rings is 1. The lowest BCUT2D eigenvalue weighted by Gasteiger charge is -2.12. The number of nitrogens with one attached hydrogen (secondary N) is 1. The molecule has 0 bridgehead atoms. The van der Waals surface area contributed by atoms with Crippen LogP contribution >= 0.6 is 0 Å². The van der Waals surface area contributed by atoms with E-state index in [1.807, 2.05) is 35.9 Å². The van der Waals surface area contributed by atoms with Gasteiger partial charge in [-0.1, -0.05) is 12.1 Å². The molecule has 1 N–H and O–H groups in total. The highest BCUT2D eigenvalue weighted by Gasteiger charge is 2.11. The molecule has 2 heterocycles. The first kappa shape index (κ1) is 15.7. The summed E-state index contributed by atoms with van der Waals surface area (Å²) in [5.74, 6) is 0.277. The van der Waals surface area contributed by atoms with E-state index in [9.17, 15) is 4.79 Å². The third-order valence-electron chi connectivity index (χ3n) is 3.32. The van der Waals surface area contributed by atoms with Crippen LogP contribution in [-0.4, -0.2) is 32.0 Å². The Kier molecular flexibility index (Phi) is 4.81. The number of aromatic nitrogens is 4. The number of carbonyl (C=O) groups excluding carboxylic acids is 1. The number of nitrogens with zero attached hydrogens (tertiary/aromatic N) is 4. The van der Waals surface area contributed by atoms with Gasteiger partial charge in [0.05, 0.1) is 30.5 Å². The molecule has 7 nitrogen and oxygen atoms in total. The number of anilines is 1. The monoisotopic (exact) mass is 323 g/mol. The molecule has 1 aromatic carbocycles. The molecule has 3 rings (SSSR count). The lowest BCUT2D eigenvalue weighted by molar-refractivity contribution is 0.102. The van der Waals surface area contributed by atoms with Gasteiger partial charge in [-0.25, -0.2) is 9.97 Å². The van der Waals surface area contributed by atoms with Crippen LogP contribution in [0.3, 0.4) is 0 Å². The summed E-state index contributed by atoms with van der Waals surface area (Å²) in [7, 11) is 0. The van der Waals surface area contributed by atoms with Crippen molar-refractivity contribution in [2.24, 2.45) is 0 Å². The highest BCUT2D eigenvalue weighted by molar-refractivity contribution is 6.03. The Morgan fingerprint density at radius 1 is 1.25 bits per heavy atom. The normalized spacial score (nSPS) is 10.4. The lowest BCUT2D eigenvalue weighted by atomic mass is 10.2. The minimum absolute atomic E-state index is 0.258. The number of benzene rings is 1. The van der Waals surface area contributed by atoms with Gasteiger partial charge in [-0.3, -0.25) is 9.78 Å². The van der Waals surface area contributed by atoms with Crippen LogP contribution in [0.1, 0.15) is 16.2 Å². The maximum Gasteiger partial charge on any atom is 0.275 e. The average Bonchev–Trinajstić information content (AvgIpc) is 3.10. The van der Waals surface area contributed by atoms with Crippen LogP contribution in [0.25, 0.3) is 0 Å². The van der Waals surface area contributed by atoms with Crippen LogP contribution in [0.2, 0.25) is 0 Å². The Morgan fingerprint density at radius 2 is 2.12 bits per heavy atom. The SMILES string of the molecule is Cc1cnc(C(=O)Nc2ccccc2OCCn2ccnc2)cn1. The predicted octanol–water partition coefficient (Wildman–Crippen LogP) is 2.31. The van der Waals surface area contributed by atoms with Crippen LogP contribution < -0.4 is 10.1 Å². The number of amides is 1. The lowest BCUT2D eigenvalue weighted by Crippen LogP contribution is -2.15. The molecule has 122 valence electrons. The molecule has 0 spiro atoms. The summed E-state index contributed by atoms with van der Waals surface area (Å²) in [5, 5.41) is 2.80. The van der Waals surface area contributed by atoms with Crippen LogP contribution in [0.5, 0.6) is 5.75 Å². The van der Waals surface area contributed by atoms with Crippen LogP contribution in [0.15, 0.2) is 55.4 Å². The number of aryl methyl sites for hydroxylation is 1. The zero-order valence-corrected chi connectivity index (χ0v) is 13.2. The molecule has 0 aliphatic rings. The maximum atomic E-state index is 12.3. The van der Waals surface area contributed by atoms with E-state index in [1.165, 1.54) is 6.20 Å². The highest BCUT2D eigenvalue weighted by Crippen LogP contribution is 2.24. The van der Waals surface area contributed by atoms with Crippen molar-refractivity contribution in [1.29, 1.82) is 0 Å². The van der Waals surface area contributed by atoms with E-state index in [2.05, 4.69) is 20.3 Å². The Hall–Kier alpha value is -3.22. The standard InChI is InChI=1S/C17H17N5O2/c1-13-10-20-15(11-19-13)17(23)21-14-4-2-3-5-16(14)24-9-8-22-7-6-18-12-22/h2-7,10-12H,8-9H2,1H3,(H,21,23). The van der Waals surface area contributed by atoms with E-state index in [-0.39, 0.29) is 11.6 Å². The van der Waals surface area contributed by atoms with Gasteiger partial charge in [0.2, 0.25) is 0 Å². The first-order valence-electron chi connectivity index (χ1n) is 7.50. The van der Waals surface area contributed by atoms with Crippen molar-refractivity contribution >= 4 is 11.6 Å². The fourth-order valence-corrected chi connectivity index (χ4v) is 2.07. The van der Waals surface area contributed by atoms with Crippen molar-refractivity contribution in [2.75, 3.05) is 11.9 Å². The summed E-state index contributed by atoms with van der Waals surface area (Å²) in [6.07, 6.45) is 8.33. The van der Waals surface area contributed by atoms with E-state index >= 15 is 0 Å². The van der Waals surface area contributed by atoms with E-state index in [0.717, 1.165) is 5.69 Å². The Labute approximate surface area is 139 Å². The summed E-state index contributed by atoms with van der Waals surface area (Å²) in [6.45, 7) is 2.96. The average molecular weight is 323 g/mol. The van der Waals surface area contributed by atoms with Gasteiger partial charge < -0.3 is 14.6 Å². The number of ether oxygens (including phenoxy) is 1. The number of rotatable bonds is 6. The summed E-state index contributed by atoms with van der Waals surface area (Å²) >= 11 is 0. The first-order chi connectivity index (χ1) is 11.7. The topological polar surface area (TPSA) is 81.9 Å². The number of carbonyl (C=O) groups is 1. The molecular weight excluding hydrogens is 306 g/mol. The Morgan fingerprint density at radius 3 is 2.88 bits per heavy atom. The smallest absolute Gasteiger partial charge is 0.275 e. The maximum absolute atomic E-state index is 12.3. The molecule has 0 aliphatic carbocycles. The van der Waals surface area contributed by atoms with Crippen LogP contribution in [0.4, 0.5) is 5.69 Å². The minimum atomic E-state index is -0.326. The number of hydrogen-bond acceptors (Lipinski definition) is 5. The molecule has 0 unspecified atom stereocenters. The molecule has 0 fully saturated rings.